The third kappa shape index (κ3) is 2.65. The van der Waals surface area contributed by atoms with Crippen LogP contribution in [0.25, 0.3) is 0 Å². The monoisotopic (exact) mass is 164 g/mol. The highest BCUT2D eigenvalue weighted by Crippen LogP contribution is 2.19. The van der Waals surface area contributed by atoms with Crippen LogP contribution in [0.3, 0.4) is 0 Å². The summed E-state index contributed by atoms with van der Waals surface area (Å²) < 4.78 is 0. The van der Waals surface area contributed by atoms with Gasteiger partial charge in [-0.3, -0.25) is 4.79 Å². The van der Waals surface area contributed by atoms with E-state index in [0.29, 0.717) is 5.78 Å². The summed E-state index contributed by atoms with van der Waals surface area (Å²) in [5.41, 5.74) is 2.19. The van der Waals surface area contributed by atoms with E-state index in [1.807, 2.05) is 6.92 Å². The molecule has 0 aliphatic heterocycles. The Balaban J connectivity index is 2.44. The summed E-state index contributed by atoms with van der Waals surface area (Å²) in [5.74, 6) is 0.350. The molecule has 0 bridgehead atoms. The van der Waals surface area contributed by atoms with Crippen molar-refractivity contribution in [3.05, 3.63) is 23.8 Å². The van der Waals surface area contributed by atoms with Gasteiger partial charge in [0.25, 0.3) is 0 Å². The maximum Gasteiger partial charge on any atom is 0.158 e. The van der Waals surface area contributed by atoms with Gasteiger partial charge in [0.05, 0.1) is 0 Å². The highest BCUT2D eigenvalue weighted by atomic mass is 16.1. The Morgan fingerprint density at radius 2 is 2.42 bits per heavy atom. The molecular weight excluding hydrogens is 148 g/mol. The zero-order valence-electron chi connectivity index (χ0n) is 7.73. The van der Waals surface area contributed by atoms with Gasteiger partial charge < -0.3 is 0 Å². The highest BCUT2D eigenvalue weighted by molar-refractivity contribution is 5.95. The molecule has 1 nitrogen and oxygen atoms in total. The number of hydrogen-bond donors (Lipinski definition) is 0. The van der Waals surface area contributed by atoms with Crippen molar-refractivity contribution in [2.45, 2.75) is 39.0 Å². The minimum absolute atomic E-state index is 0.350. The van der Waals surface area contributed by atoms with E-state index in [1.54, 1.807) is 0 Å². The molecule has 1 rings (SSSR count). The molecule has 1 aliphatic carbocycles. The average molecular weight is 164 g/mol. The minimum atomic E-state index is 0.350. The topological polar surface area (TPSA) is 17.1 Å². The molecule has 0 aromatic rings. The molecule has 0 atom stereocenters. The standard InChI is InChI=1S/C11H16O/c1-9(2)7-8-10-5-3-4-6-11(10)12/h5H,1,3-4,6-8H2,2H3. The van der Waals surface area contributed by atoms with Crippen LogP contribution in [-0.2, 0) is 4.79 Å². The number of ketones is 1. The van der Waals surface area contributed by atoms with E-state index in [4.69, 9.17) is 0 Å². The van der Waals surface area contributed by atoms with Crippen LogP contribution in [0.15, 0.2) is 23.8 Å². The van der Waals surface area contributed by atoms with Gasteiger partial charge in [-0.15, -0.1) is 6.58 Å². The molecule has 0 heterocycles. The van der Waals surface area contributed by atoms with E-state index in [1.165, 1.54) is 0 Å². The first-order valence-corrected chi connectivity index (χ1v) is 4.57. The maximum atomic E-state index is 11.3. The molecule has 1 aliphatic rings. The fraction of sp³-hybridized carbons (Fsp3) is 0.545. The molecule has 1 heteroatoms. The van der Waals surface area contributed by atoms with Crippen LogP contribution < -0.4 is 0 Å². The van der Waals surface area contributed by atoms with Crippen LogP contribution in [0.4, 0.5) is 0 Å². The van der Waals surface area contributed by atoms with E-state index in [2.05, 4.69) is 12.7 Å². The zero-order valence-corrected chi connectivity index (χ0v) is 7.73. The highest BCUT2D eigenvalue weighted by Gasteiger charge is 2.12. The van der Waals surface area contributed by atoms with Gasteiger partial charge in [-0.25, -0.2) is 0 Å². The van der Waals surface area contributed by atoms with Crippen LogP contribution in [0.1, 0.15) is 39.0 Å². The molecule has 0 aromatic carbocycles. The van der Waals surface area contributed by atoms with Gasteiger partial charge in [-0.05, 0) is 38.2 Å². The van der Waals surface area contributed by atoms with E-state index >= 15 is 0 Å². The van der Waals surface area contributed by atoms with Gasteiger partial charge in [0.15, 0.2) is 5.78 Å². The largest absolute Gasteiger partial charge is 0.295 e. The quantitative estimate of drug-likeness (QED) is 0.586. The molecule has 66 valence electrons. The molecule has 0 unspecified atom stereocenters. The molecule has 0 saturated carbocycles. The Hall–Kier alpha value is -0.850. The fourth-order valence-corrected chi connectivity index (χ4v) is 1.40. The Bertz CT molecular complexity index is 223. The molecular formula is C11H16O. The lowest BCUT2D eigenvalue weighted by molar-refractivity contribution is -0.116. The van der Waals surface area contributed by atoms with Gasteiger partial charge in [0, 0.05) is 6.42 Å². The number of allylic oxidation sites excluding steroid dienone is 3. The van der Waals surface area contributed by atoms with Crippen molar-refractivity contribution in [1.29, 1.82) is 0 Å². The second-order valence-corrected chi connectivity index (χ2v) is 3.50. The predicted octanol–water partition coefficient (Wildman–Crippen LogP) is 3.02. The van der Waals surface area contributed by atoms with Crippen LogP contribution >= 0.6 is 0 Å². The molecule has 0 N–H and O–H groups in total. The summed E-state index contributed by atoms with van der Waals surface area (Å²) in [5, 5.41) is 0. The number of rotatable bonds is 3. The first-order valence-electron chi connectivity index (χ1n) is 4.57. The Kier molecular flexibility index (Phi) is 3.27. The fourth-order valence-electron chi connectivity index (χ4n) is 1.40. The van der Waals surface area contributed by atoms with Crippen molar-refractivity contribution in [3.8, 4) is 0 Å². The normalized spacial score (nSPS) is 17.4. The van der Waals surface area contributed by atoms with E-state index < -0.39 is 0 Å². The third-order valence-corrected chi connectivity index (χ3v) is 2.18. The van der Waals surface area contributed by atoms with Gasteiger partial charge >= 0.3 is 0 Å². The first kappa shape index (κ1) is 9.24. The van der Waals surface area contributed by atoms with Gasteiger partial charge in [0.2, 0.25) is 0 Å². The lowest BCUT2D eigenvalue weighted by Gasteiger charge is -2.10. The molecule has 0 fully saturated rings. The molecule has 0 radical (unpaired) electrons. The smallest absolute Gasteiger partial charge is 0.158 e. The van der Waals surface area contributed by atoms with Crippen LogP contribution in [-0.4, -0.2) is 5.78 Å². The Morgan fingerprint density at radius 3 is 3.00 bits per heavy atom. The summed E-state index contributed by atoms with van der Waals surface area (Å²) >= 11 is 0. The predicted molar refractivity (Wildman–Crippen MR) is 51.0 cm³/mol. The average Bonchev–Trinajstić information content (AvgIpc) is 2.03. The summed E-state index contributed by atoms with van der Waals surface area (Å²) in [6, 6.07) is 0. The van der Waals surface area contributed by atoms with E-state index in [9.17, 15) is 4.79 Å². The second kappa shape index (κ2) is 4.24. The summed E-state index contributed by atoms with van der Waals surface area (Å²) in [4.78, 5) is 11.3. The van der Waals surface area contributed by atoms with Crippen molar-refractivity contribution in [3.63, 3.8) is 0 Å². The number of Topliss-reactive ketones (excluding diaryl/α,β-unsaturated/α-hetero) is 1. The summed E-state index contributed by atoms with van der Waals surface area (Å²) in [6.45, 7) is 5.83. The maximum absolute atomic E-state index is 11.3. The summed E-state index contributed by atoms with van der Waals surface area (Å²) in [6.07, 6.45) is 6.81. The summed E-state index contributed by atoms with van der Waals surface area (Å²) in [7, 11) is 0. The molecule has 0 saturated heterocycles. The van der Waals surface area contributed by atoms with E-state index in [-0.39, 0.29) is 0 Å². The van der Waals surface area contributed by atoms with Gasteiger partial charge in [-0.1, -0.05) is 11.6 Å². The molecule has 12 heavy (non-hydrogen) atoms. The van der Waals surface area contributed by atoms with Gasteiger partial charge in [0.1, 0.15) is 0 Å². The molecule has 0 amide bonds. The Morgan fingerprint density at radius 1 is 1.67 bits per heavy atom. The lowest BCUT2D eigenvalue weighted by atomic mass is 9.94. The van der Waals surface area contributed by atoms with Crippen LogP contribution in [0, 0.1) is 0 Å². The number of carbonyl (C=O) groups is 1. The van der Waals surface area contributed by atoms with Crippen molar-refractivity contribution >= 4 is 5.78 Å². The third-order valence-electron chi connectivity index (χ3n) is 2.18. The Labute approximate surface area is 74.2 Å². The van der Waals surface area contributed by atoms with Crippen molar-refractivity contribution in [2.75, 3.05) is 0 Å². The first-order chi connectivity index (χ1) is 5.70. The molecule has 0 spiro atoms. The van der Waals surface area contributed by atoms with Gasteiger partial charge in [-0.2, -0.15) is 0 Å². The van der Waals surface area contributed by atoms with Crippen LogP contribution in [0.5, 0.6) is 0 Å². The minimum Gasteiger partial charge on any atom is -0.295 e. The SMILES string of the molecule is C=C(C)CCC1=CCCCC1=O. The lowest BCUT2D eigenvalue weighted by Crippen LogP contribution is -2.06. The zero-order chi connectivity index (χ0) is 8.97. The molecule has 0 aromatic heterocycles. The van der Waals surface area contributed by atoms with Crippen molar-refractivity contribution in [2.24, 2.45) is 0 Å². The number of carbonyl (C=O) groups excluding carboxylic acids is 1. The van der Waals surface area contributed by atoms with E-state index in [0.717, 1.165) is 43.3 Å². The van der Waals surface area contributed by atoms with Crippen molar-refractivity contribution in [1.82, 2.24) is 0 Å². The van der Waals surface area contributed by atoms with Crippen molar-refractivity contribution < 1.29 is 4.79 Å². The van der Waals surface area contributed by atoms with Crippen LogP contribution in [0.2, 0.25) is 0 Å². The second-order valence-electron chi connectivity index (χ2n) is 3.50. The number of hydrogen-bond acceptors (Lipinski definition) is 1.